The number of fused-ring (bicyclic) bond motifs is 5. The van der Waals surface area contributed by atoms with Crippen molar-refractivity contribution in [2.45, 2.75) is 38.0 Å². The van der Waals surface area contributed by atoms with E-state index in [1.165, 1.54) is 18.2 Å². The summed E-state index contributed by atoms with van der Waals surface area (Å²) < 4.78 is 55.3. The fourth-order valence-electron chi connectivity index (χ4n) is 4.29. The Morgan fingerprint density at radius 3 is 2.35 bits per heavy atom. The summed E-state index contributed by atoms with van der Waals surface area (Å²) in [5.74, 6) is -5.57. The second-order valence-electron chi connectivity index (χ2n) is 7.41. The number of anilines is 1. The van der Waals surface area contributed by atoms with Gasteiger partial charge in [-0.3, -0.25) is 19.2 Å². The number of carbonyl (C=O) groups excluding carboxylic acids is 4. The SMILES string of the molecule is CC(=O)OC(OC(C)=O)[C@]12C=C[C@@H](O1)[C@@H]1C(=O)N(c3cccc(C(F)(F)F)c3)C(=O)[C@@H]12. The molecule has 1 aromatic rings. The molecule has 0 unspecified atom stereocenters. The molecule has 8 nitrogen and oxygen atoms in total. The molecule has 31 heavy (non-hydrogen) atoms. The van der Waals surface area contributed by atoms with E-state index >= 15 is 0 Å². The Morgan fingerprint density at radius 2 is 1.77 bits per heavy atom. The molecule has 0 saturated carbocycles. The van der Waals surface area contributed by atoms with Crippen molar-refractivity contribution in [3.8, 4) is 0 Å². The fourth-order valence-corrected chi connectivity index (χ4v) is 4.29. The highest BCUT2D eigenvalue weighted by Gasteiger charge is 2.72. The zero-order valence-corrected chi connectivity index (χ0v) is 16.2. The van der Waals surface area contributed by atoms with Crippen LogP contribution in [-0.2, 0) is 39.6 Å². The molecule has 0 N–H and O–H groups in total. The Kier molecular flexibility index (Phi) is 4.69. The molecule has 0 aromatic heterocycles. The normalized spacial score (nSPS) is 29.0. The quantitative estimate of drug-likeness (QED) is 0.306. The van der Waals surface area contributed by atoms with Crippen molar-refractivity contribution < 1.29 is 46.6 Å². The highest BCUT2D eigenvalue weighted by Crippen LogP contribution is 2.54. The molecule has 3 aliphatic rings. The van der Waals surface area contributed by atoms with Gasteiger partial charge in [-0.05, 0) is 24.3 Å². The maximum Gasteiger partial charge on any atom is 0.416 e. The Labute approximate surface area is 173 Å². The predicted molar refractivity (Wildman–Crippen MR) is 95.0 cm³/mol. The second-order valence-corrected chi connectivity index (χ2v) is 7.41. The third kappa shape index (κ3) is 3.19. The summed E-state index contributed by atoms with van der Waals surface area (Å²) in [5.41, 5.74) is -3.03. The van der Waals surface area contributed by atoms with Crippen LogP contribution in [0.5, 0.6) is 0 Å². The lowest BCUT2D eigenvalue weighted by molar-refractivity contribution is -0.226. The van der Waals surface area contributed by atoms with E-state index in [9.17, 15) is 32.3 Å². The number of hydrogen-bond acceptors (Lipinski definition) is 7. The lowest BCUT2D eigenvalue weighted by Crippen LogP contribution is -2.52. The molecule has 4 rings (SSSR count). The molecule has 164 valence electrons. The average Bonchev–Trinajstić information content (AvgIpc) is 3.31. The van der Waals surface area contributed by atoms with Crippen molar-refractivity contribution in [1.82, 2.24) is 0 Å². The van der Waals surface area contributed by atoms with Crippen molar-refractivity contribution in [2.24, 2.45) is 11.8 Å². The number of benzene rings is 1. The summed E-state index contributed by atoms with van der Waals surface area (Å²) in [6.45, 7) is 2.12. The number of halogens is 3. The topological polar surface area (TPSA) is 99.2 Å². The van der Waals surface area contributed by atoms with Gasteiger partial charge in [-0.15, -0.1) is 0 Å². The van der Waals surface area contributed by atoms with Gasteiger partial charge in [-0.1, -0.05) is 12.1 Å². The van der Waals surface area contributed by atoms with Gasteiger partial charge in [-0.25, -0.2) is 4.90 Å². The molecule has 2 bridgehead atoms. The molecule has 0 spiro atoms. The molecule has 0 aliphatic carbocycles. The number of ether oxygens (including phenoxy) is 3. The van der Waals surface area contributed by atoms with E-state index < -0.39 is 65.3 Å². The Balaban J connectivity index is 1.74. The zero-order chi connectivity index (χ0) is 22.7. The molecule has 0 radical (unpaired) electrons. The van der Waals surface area contributed by atoms with Crippen LogP contribution in [0, 0.1) is 11.8 Å². The number of hydrogen-bond donors (Lipinski definition) is 0. The highest BCUT2D eigenvalue weighted by molar-refractivity contribution is 6.23. The third-order valence-electron chi connectivity index (χ3n) is 5.42. The van der Waals surface area contributed by atoms with E-state index in [2.05, 4.69) is 0 Å². The van der Waals surface area contributed by atoms with Crippen LogP contribution in [0.25, 0.3) is 0 Å². The summed E-state index contributed by atoms with van der Waals surface area (Å²) in [5, 5.41) is 0. The Bertz CT molecular complexity index is 1000. The summed E-state index contributed by atoms with van der Waals surface area (Å²) in [6, 6.07) is 3.83. The van der Waals surface area contributed by atoms with Gasteiger partial charge in [0.05, 0.1) is 29.2 Å². The fraction of sp³-hybridized carbons (Fsp3) is 0.400. The summed E-state index contributed by atoms with van der Waals surface area (Å²) in [4.78, 5) is 50.1. The van der Waals surface area contributed by atoms with E-state index in [1.807, 2.05) is 0 Å². The van der Waals surface area contributed by atoms with Crippen LogP contribution in [0.15, 0.2) is 36.4 Å². The lowest BCUT2D eigenvalue weighted by atomic mass is 9.76. The van der Waals surface area contributed by atoms with Crippen molar-refractivity contribution in [3.63, 3.8) is 0 Å². The Morgan fingerprint density at radius 1 is 1.13 bits per heavy atom. The summed E-state index contributed by atoms with van der Waals surface area (Å²) in [7, 11) is 0. The number of carbonyl (C=O) groups is 4. The molecular formula is C20H16F3NO7. The third-order valence-corrected chi connectivity index (χ3v) is 5.42. The minimum Gasteiger partial charge on any atom is -0.422 e. The lowest BCUT2D eigenvalue weighted by Gasteiger charge is -2.34. The van der Waals surface area contributed by atoms with Gasteiger partial charge in [0, 0.05) is 13.8 Å². The highest BCUT2D eigenvalue weighted by atomic mass is 19.4. The summed E-state index contributed by atoms with van der Waals surface area (Å²) in [6.07, 6.45) is -4.36. The van der Waals surface area contributed by atoms with Gasteiger partial charge >= 0.3 is 18.1 Å². The number of nitrogens with zero attached hydrogens (tertiary/aromatic N) is 1. The largest absolute Gasteiger partial charge is 0.422 e. The zero-order valence-electron chi connectivity index (χ0n) is 16.2. The van der Waals surface area contributed by atoms with Crippen LogP contribution >= 0.6 is 0 Å². The van der Waals surface area contributed by atoms with Crippen molar-refractivity contribution >= 4 is 29.4 Å². The van der Waals surface area contributed by atoms with Crippen LogP contribution in [0.2, 0.25) is 0 Å². The number of esters is 2. The van der Waals surface area contributed by atoms with Crippen LogP contribution in [0.4, 0.5) is 18.9 Å². The molecule has 4 atom stereocenters. The van der Waals surface area contributed by atoms with Crippen molar-refractivity contribution in [3.05, 3.63) is 42.0 Å². The first kappa shape index (κ1) is 21.0. The van der Waals surface area contributed by atoms with Crippen LogP contribution in [0.1, 0.15) is 19.4 Å². The van der Waals surface area contributed by atoms with Crippen LogP contribution in [0.3, 0.4) is 0 Å². The minimum absolute atomic E-state index is 0.245. The number of alkyl halides is 3. The van der Waals surface area contributed by atoms with E-state index in [1.54, 1.807) is 0 Å². The number of imide groups is 1. The second kappa shape index (κ2) is 6.91. The van der Waals surface area contributed by atoms with E-state index in [0.717, 1.165) is 26.0 Å². The first-order chi connectivity index (χ1) is 14.5. The molecule has 3 aliphatic heterocycles. The smallest absolute Gasteiger partial charge is 0.416 e. The van der Waals surface area contributed by atoms with Gasteiger partial charge in [0.1, 0.15) is 0 Å². The maximum absolute atomic E-state index is 13.3. The molecule has 2 saturated heterocycles. The van der Waals surface area contributed by atoms with E-state index in [-0.39, 0.29) is 5.69 Å². The van der Waals surface area contributed by atoms with Gasteiger partial charge in [0.2, 0.25) is 11.8 Å². The monoisotopic (exact) mass is 439 g/mol. The van der Waals surface area contributed by atoms with Crippen LogP contribution < -0.4 is 4.90 Å². The molecule has 2 fully saturated rings. The first-order valence-corrected chi connectivity index (χ1v) is 9.22. The standard InChI is InChI=1S/C20H16F3NO7/c1-9(25)29-18(30-10(2)26)19-7-6-13(31-19)14-15(19)17(28)24(16(14)27)12-5-3-4-11(8-12)20(21,22)23/h3-8,13-15,18H,1-2H3/t13-,14+,15-,19-/m1/s1. The molecule has 1 aromatic carbocycles. The first-order valence-electron chi connectivity index (χ1n) is 9.22. The number of rotatable bonds is 4. The van der Waals surface area contributed by atoms with Gasteiger partial charge in [-0.2, -0.15) is 13.2 Å². The van der Waals surface area contributed by atoms with E-state index in [4.69, 9.17) is 14.2 Å². The van der Waals surface area contributed by atoms with Crippen molar-refractivity contribution in [1.29, 1.82) is 0 Å². The predicted octanol–water partition coefficient (Wildman–Crippen LogP) is 1.97. The molecule has 3 heterocycles. The van der Waals surface area contributed by atoms with Crippen LogP contribution in [-0.4, -0.2) is 41.7 Å². The molecular weight excluding hydrogens is 423 g/mol. The van der Waals surface area contributed by atoms with Crippen molar-refractivity contribution in [2.75, 3.05) is 4.90 Å². The van der Waals surface area contributed by atoms with Gasteiger partial charge in [0.15, 0.2) is 5.60 Å². The average molecular weight is 439 g/mol. The molecule has 2 amide bonds. The minimum atomic E-state index is -4.67. The van der Waals surface area contributed by atoms with E-state index in [0.29, 0.717) is 11.0 Å². The summed E-state index contributed by atoms with van der Waals surface area (Å²) >= 11 is 0. The Hall–Kier alpha value is -3.21. The number of amides is 2. The maximum atomic E-state index is 13.3. The molecule has 11 heteroatoms. The van der Waals surface area contributed by atoms with Gasteiger partial charge < -0.3 is 14.2 Å². The van der Waals surface area contributed by atoms with Gasteiger partial charge in [0.25, 0.3) is 6.29 Å².